The fourth-order valence-electron chi connectivity index (χ4n) is 4.09. The van der Waals surface area contributed by atoms with E-state index in [1.54, 1.807) is 36.4 Å². The average molecular weight is 546 g/mol. The maximum Gasteiger partial charge on any atom is 0.335 e. The Kier molecular flexibility index (Phi) is 6.91. The summed E-state index contributed by atoms with van der Waals surface area (Å²) in [5, 5.41) is 16.6. The van der Waals surface area contributed by atoms with Crippen LogP contribution in [-0.2, 0) is 6.54 Å². The van der Waals surface area contributed by atoms with Crippen LogP contribution in [0.2, 0.25) is 5.02 Å². The fraction of sp³-hybridized carbons (Fsp3) is 0.0345. The third-order valence-corrected chi connectivity index (χ3v) is 6.37. The highest BCUT2D eigenvalue weighted by atomic mass is 35.5. The minimum atomic E-state index is -1.07. The molecule has 0 bridgehead atoms. The van der Waals surface area contributed by atoms with Gasteiger partial charge in [0.05, 0.1) is 28.4 Å². The quantitative estimate of drug-likeness (QED) is 0.252. The number of ketones is 1. The summed E-state index contributed by atoms with van der Waals surface area (Å²) < 4.78 is 28.9. The van der Waals surface area contributed by atoms with Crippen molar-refractivity contribution in [1.82, 2.24) is 14.9 Å². The normalized spacial score (nSPS) is 10.9. The van der Waals surface area contributed by atoms with Crippen LogP contribution < -0.4 is 5.32 Å². The first-order chi connectivity index (χ1) is 18.7. The highest BCUT2D eigenvalue weighted by Crippen LogP contribution is 2.28. The second-order valence-electron chi connectivity index (χ2n) is 8.64. The number of hydrogen-bond acceptors (Lipinski definition) is 4. The molecule has 7 nitrogen and oxygen atoms in total. The molecule has 0 spiro atoms. The van der Waals surface area contributed by atoms with Gasteiger partial charge in [-0.2, -0.15) is 5.10 Å². The molecule has 0 aliphatic heterocycles. The fourth-order valence-corrected chi connectivity index (χ4v) is 4.22. The van der Waals surface area contributed by atoms with Crippen LogP contribution in [-0.4, -0.2) is 32.4 Å². The van der Waals surface area contributed by atoms with Crippen molar-refractivity contribution in [3.05, 3.63) is 130 Å². The molecule has 1 amide bonds. The van der Waals surface area contributed by atoms with Crippen molar-refractivity contribution >= 4 is 34.8 Å². The number of aromatic carboxylic acids is 1. The van der Waals surface area contributed by atoms with Gasteiger partial charge in [0.2, 0.25) is 0 Å². The molecule has 5 aromatic rings. The van der Waals surface area contributed by atoms with Gasteiger partial charge in [0.25, 0.3) is 5.91 Å². The van der Waals surface area contributed by atoms with E-state index in [-0.39, 0.29) is 34.5 Å². The van der Waals surface area contributed by atoms with Crippen LogP contribution in [0.25, 0.3) is 16.6 Å². The van der Waals surface area contributed by atoms with Gasteiger partial charge < -0.3 is 10.4 Å². The van der Waals surface area contributed by atoms with Crippen molar-refractivity contribution in [2.24, 2.45) is 0 Å². The van der Waals surface area contributed by atoms with Crippen LogP contribution in [0.15, 0.2) is 85.2 Å². The van der Waals surface area contributed by atoms with Gasteiger partial charge in [-0.3, -0.25) is 9.59 Å². The lowest BCUT2D eigenvalue weighted by Gasteiger charge is -2.12. The average Bonchev–Trinajstić information content (AvgIpc) is 3.37. The summed E-state index contributed by atoms with van der Waals surface area (Å²) in [7, 11) is 0. The van der Waals surface area contributed by atoms with Gasteiger partial charge in [0.15, 0.2) is 17.4 Å². The second kappa shape index (κ2) is 10.5. The Labute approximate surface area is 225 Å². The number of hydrogen-bond donors (Lipinski definition) is 2. The standard InChI is InChI=1S/C29H18ClF2N3O4/c30-21-8-5-17(6-9-21)27(36)23-14-34-35-15-20(19-7-10-24(31)25(32)12-19)11-22(26(23)35)28(37)33-13-16-1-3-18(4-2-16)29(38)39/h1-12,14-15H,13H2,(H,33,37)(H,38,39). The van der Waals surface area contributed by atoms with Gasteiger partial charge in [-0.15, -0.1) is 0 Å². The van der Waals surface area contributed by atoms with E-state index >= 15 is 0 Å². The van der Waals surface area contributed by atoms with Gasteiger partial charge >= 0.3 is 5.97 Å². The van der Waals surface area contributed by atoms with E-state index in [9.17, 15) is 23.2 Å². The number of carbonyl (C=O) groups excluding carboxylic acids is 2. The van der Waals surface area contributed by atoms with E-state index in [1.807, 2.05) is 0 Å². The van der Waals surface area contributed by atoms with Crippen LogP contribution in [0.5, 0.6) is 0 Å². The summed E-state index contributed by atoms with van der Waals surface area (Å²) in [5.74, 6) is -4.08. The lowest BCUT2D eigenvalue weighted by molar-refractivity contribution is 0.0696. The molecule has 10 heteroatoms. The van der Waals surface area contributed by atoms with Crippen molar-refractivity contribution in [2.45, 2.75) is 6.54 Å². The van der Waals surface area contributed by atoms with Crippen molar-refractivity contribution in [1.29, 1.82) is 0 Å². The molecule has 0 radical (unpaired) electrons. The molecular weight excluding hydrogens is 528 g/mol. The molecule has 0 saturated heterocycles. The van der Waals surface area contributed by atoms with Gasteiger partial charge in [0, 0.05) is 28.9 Å². The first kappa shape index (κ1) is 25.7. The Bertz CT molecular complexity index is 1750. The van der Waals surface area contributed by atoms with Crippen molar-refractivity contribution in [3.8, 4) is 11.1 Å². The number of aromatic nitrogens is 2. The molecular formula is C29H18ClF2N3O4. The van der Waals surface area contributed by atoms with Crippen molar-refractivity contribution in [3.63, 3.8) is 0 Å². The number of benzene rings is 3. The molecule has 0 atom stereocenters. The summed E-state index contributed by atoms with van der Waals surface area (Å²) in [6.07, 6.45) is 2.85. The maximum atomic E-state index is 14.0. The molecule has 3 aromatic carbocycles. The molecule has 2 heterocycles. The first-order valence-corrected chi connectivity index (χ1v) is 12.0. The van der Waals surface area contributed by atoms with E-state index in [0.717, 1.165) is 12.1 Å². The van der Waals surface area contributed by atoms with Crippen molar-refractivity contribution < 1.29 is 28.3 Å². The monoisotopic (exact) mass is 545 g/mol. The Balaban J connectivity index is 1.57. The van der Waals surface area contributed by atoms with E-state index in [0.29, 0.717) is 27.3 Å². The second-order valence-corrected chi connectivity index (χ2v) is 9.08. The number of carboxylic acids is 1. The highest BCUT2D eigenvalue weighted by molar-refractivity contribution is 6.30. The van der Waals surface area contributed by atoms with Gasteiger partial charge in [-0.25, -0.2) is 18.1 Å². The van der Waals surface area contributed by atoms with Crippen LogP contribution in [0.1, 0.15) is 42.2 Å². The minimum absolute atomic E-state index is 0.0644. The molecule has 0 aliphatic rings. The van der Waals surface area contributed by atoms with Gasteiger partial charge in [-0.05, 0) is 65.7 Å². The summed E-state index contributed by atoms with van der Waals surface area (Å²) in [6.45, 7) is 0.0644. The Morgan fingerprint density at radius 3 is 2.21 bits per heavy atom. The van der Waals surface area contributed by atoms with Gasteiger partial charge in [-0.1, -0.05) is 29.8 Å². The molecule has 0 fully saturated rings. The summed E-state index contributed by atoms with van der Waals surface area (Å²) >= 11 is 5.95. The van der Waals surface area contributed by atoms with E-state index in [1.165, 1.54) is 41.2 Å². The molecule has 5 rings (SSSR count). The molecule has 2 N–H and O–H groups in total. The lowest BCUT2D eigenvalue weighted by Crippen LogP contribution is -2.24. The van der Waals surface area contributed by atoms with Crippen LogP contribution in [0.3, 0.4) is 0 Å². The zero-order chi connectivity index (χ0) is 27.7. The molecule has 2 aromatic heterocycles. The SMILES string of the molecule is O=C(O)c1ccc(CNC(=O)c2cc(-c3ccc(F)c(F)c3)cn3ncc(C(=O)c4ccc(Cl)cc4)c23)cc1. The first-order valence-electron chi connectivity index (χ1n) is 11.6. The highest BCUT2D eigenvalue weighted by Gasteiger charge is 2.22. The minimum Gasteiger partial charge on any atom is -0.478 e. The maximum absolute atomic E-state index is 14.0. The third kappa shape index (κ3) is 5.25. The molecule has 0 unspecified atom stereocenters. The lowest BCUT2D eigenvalue weighted by atomic mass is 9.99. The summed E-state index contributed by atoms with van der Waals surface area (Å²) in [6, 6.07) is 17.1. The molecule has 39 heavy (non-hydrogen) atoms. The predicted octanol–water partition coefficient (Wildman–Crippen LogP) is 5.79. The number of carbonyl (C=O) groups is 3. The topological polar surface area (TPSA) is 101 Å². The Morgan fingerprint density at radius 2 is 1.54 bits per heavy atom. The van der Waals surface area contributed by atoms with Crippen LogP contribution >= 0.6 is 11.6 Å². The van der Waals surface area contributed by atoms with Crippen molar-refractivity contribution in [2.75, 3.05) is 0 Å². The molecule has 0 aliphatic carbocycles. The number of rotatable bonds is 7. The molecule has 194 valence electrons. The molecule has 0 saturated carbocycles. The Hall–Kier alpha value is -4.89. The summed E-state index contributed by atoms with van der Waals surface area (Å²) in [4.78, 5) is 37.9. The number of nitrogens with one attached hydrogen (secondary N) is 1. The predicted molar refractivity (Wildman–Crippen MR) is 140 cm³/mol. The summed E-state index contributed by atoms with van der Waals surface area (Å²) in [5.41, 5.74) is 2.21. The smallest absolute Gasteiger partial charge is 0.335 e. The number of amides is 1. The number of fused-ring (bicyclic) bond motifs is 1. The van der Waals surface area contributed by atoms with E-state index in [4.69, 9.17) is 16.7 Å². The third-order valence-electron chi connectivity index (χ3n) is 6.11. The Morgan fingerprint density at radius 1 is 0.846 bits per heavy atom. The zero-order valence-corrected chi connectivity index (χ0v) is 20.7. The van der Waals surface area contributed by atoms with E-state index in [2.05, 4.69) is 10.4 Å². The zero-order valence-electron chi connectivity index (χ0n) is 20.0. The number of carboxylic acid groups (broad SMARTS) is 1. The van der Waals surface area contributed by atoms with Gasteiger partial charge in [0.1, 0.15) is 0 Å². The largest absolute Gasteiger partial charge is 0.478 e. The van der Waals surface area contributed by atoms with Crippen LogP contribution in [0.4, 0.5) is 8.78 Å². The number of pyridine rings is 1. The van der Waals surface area contributed by atoms with Crippen LogP contribution in [0, 0.1) is 11.6 Å². The van der Waals surface area contributed by atoms with E-state index < -0.39 is 23.5 Å². The number of nitrogens with zero attached hydrogens (tertiary/aromatic N) is 2. The number of halogens is 3.